The number of benzene rings is 1. The summed E-state index contributed by atoms with van der Waals surface area (Å²) >= 11 is 0. The van der Waals surface area contributed by atoms with Crippen molar-refractivity contribution < 1.29 is 22.7 Å². The number of anilines is 1. The number of aryl methyl sites for hydroxylation is 1. The van der Waals surface area contributed by atoms with Crippen molar-refractivity contribution in [3.63, 3.8) is 0 Å². The number of rotatable bonds is 4. The number of carbonyl (C=O) groups is 1. The molecule has 1 aromatic rings. The highest BCUT2D eigenvalue weighted by Crippen LogP contribution is 2.32. The van der Waals surface area contributed by atoms with Gasteiger partial charge in [-0.25, -0.2) is 0 Å². The predicted octanol–water partition coefficient (Wildman–Crippen LogP) is 3.62. The molecule has 0 unspecified atom stereocenters. The Morgan fingerprint density at radius 2 is 1.90 bits per heavy atom. The molecule has 0 aliphatic rings. The predicted molar refractivity (Wildman–Crippen MR) is 70.5 cm³/mol. The van der Waals surface area contributed by atoms with Gasteiger partial charge in [0.05, 0.1) is 18.1 Å². The molecule has 0 atom stereocenters. The van der Waals surface area contributed by atoms with Gasteiger partial charge in [-0.15, -0.1) is 0 Å². The van der Waals surface area contributed by atoms with Crippen LogP contribution in [0.5, 0.6) is 0 Å². The summed E-state index contributed by atoms with van der Waals surface area (Å²) in [4.78, 5) is 11.5. The quantitative estimate of drug-likeness (QED) is 0.860. The van der Waals surface area contributed by atoms with Crippen molar-refractivity contribution in [1.29, 1.82) is 0 Å². The first-order chi connectivity index (χ1) is 9.08. The van der Waals surface area contributed by atoms with E-state index in [0.29, 0.717) is 11.3 Å². The minimum Gasteiger partial charge on any atom is -0.469 e. The van der Waals surface area contributed by atoms with Crippen LogP contribution in [0.3, 0.4) is 0 Å². The highest BCUT2D eigenvalue weighted by molar-refractivity contribution is 5.76. The van der Waals surface area contributed by atoms with Crippen molar-refractivity contribution in [2.45, 2.75) is 26.9 Å². The largest absolute Gasteiger partial charge is 0.469 e. The Morgan fingerprint density at radius 1 is 1.30 bits per heavy atom. The van der Waals surface area contributed by atoms with Gasteiger partial charge >= 0.3 is 12.1 Å². The number of hydrogen-bond acceptors (Lipinski definition) is 3. The van der Waals surface area contributed by atoms with Crippen LogP contribution < -0.4 is 5.32 Å². The zero-order valence-corrected chi connectivity index (χ0v) is 11.9. The van der Waals surface area contributed by atoms with Crippen molar-refractivity contribution in [3.8, 4) is 0 Å². The smallest absolute Gasteiger partial charge is 0.416 e. The molecule has 0 aromatic heterocycles. The number of esters is 1. The van der Waals surface area contributed by atoms with Crippen LogP contribution in [0.25, 0.3) is 0 Å². The van der Waals surface area contributed by atoms with Crippen LogP contribution in [0.4, 0.5) is 18.9 Å². The lowest BCUT2D eigenvalue weighted by molar-refractivity contribution is -0.150. The Bertz CT molecular complexity index is 496. The summed E-state index contributed by atoms with van der Waals surface area (Å²) in [6, 6.07) is 3.48. The molecule has 0 aliphatic carbocycles. The van der Waals surface area contributed by atoms with Crippen molar-refractivity contribution >= 4 is 11.7 Å². The number of ether oxygens (including phenoxy) is 1. The van der Waals surface area contributed by atoms with E-state index < -0.39 is 23.1 Å². The molecular weight excluding hydrogens is 271 g/mol. The van der Waals surface area contributed by atoms with E-state index >= 15 is 0 Å². The minimum absolute atomic E-state index is 0.182. The molecule has 1 N–H and O–H groups in total. The zero-order valence-electron chi connectivity index (χ0n) is 11.9. The number of hydrogen-bond donors (Lipinski definition) is 1. The highest BCUT2D eigenvalue weighted by atomic mass is 19.4. The van der Waals surface area contributed by atoms with Crippen LogP contribution in [0.2, 0.25) is 0 Å². The molecule has 3 nitrogen and oxygen atoms in total. The van der Waals surface area contributed by atoms with E-state index in [2.05, 4.69) is 10.1 Å². The van der Waals surface area contributed by atoms with Gasteiger partial charge in [0.1, 0.15) is 0 Å². The number of halogens is 3. The maximum Gasteiger partial charge on any atom is 0.416 e. The van der Waals surface area contributed by atoms with Crippen LogP contribution in [0, 0.1) is 12.3 Å². The molecule has 0 spiro atoms. The SMILES string of the molecule is COC(=O)C(C)(C)CNc1cc(C(F)(F)F)ccc1C. The van der Waals surface area contributed by atoms with E-state index in [-0.39, 0.29) is 6.54 Å². The Morgan fingerprint density at radius 3 is 2.40 bits per heavy atom. The third-order valence-corrected chi connectivity index (χ3v) is 3.02. The van der Waals surface area contributed by atoms with Gasteiger partial charge < -0.3 is 10.1 Å². The third-order valence-electron chi connectivity index (χ3n) is 3.02. The van der Waals surface area contributed by atoms with Crippen LogP contribution in [0.15, 0.2) is 18.2 Å². The number of carbonyl (C=O) groups excluding carboxylic acids is 1. The maximum absolute atomic E-state index is 12.7. The normalized spacial score (nSPS) is 12.2. The van der Waals surface area contributed by atoms with Crippen molar-refractivity contribution in [3.05, 3.63) is 29.3 Å². The molecule has 0 bridgehead atoms. The van der Waals surface area contributed by atoms with E-state index in [1.165, 1.54) is 13.2 Å². The monoisotopic (exact) mass is 289 g/mol. The van der Waals surface area contributed by atoms with Gasteiger partial charge in [0, 0.05) is 12.2 Å². The summed E-state index contributed by atoms with van der Waals surface area (Å²) in [6.45, 7) is 5.21. The van der Waals surface area contributed by atoms with E-state index in [1.807, 2.05) is 0 Å². The van der Waals surface area contributed by atoms with Crippen LogP contribution in [0.1, 0.15) is 25.0 Å². The summed E-state index contributed by atoms with van der Waals surface area (Å²) in [6.07, 6.45) is -4.39. The lowest BCUT2D eigenvalue weighted by Gasteiger charge is -2.23. The molecule has 20 heavy (non-hydrogen) atoms. The summed E-state index contributed by atoms with van der Waals surface area (Å²) in [7, 11) is 1.28. The standard InChI is InChI=1S/C14H18F3NO2/c1-9-5-6-10(14(15,16)17)7-11(9)18-8-13(2,3)12(19)20-4/h5-7,18H,8H2,1-4H3. The molecule has 112 valence electrons. The Labute approximate surface area is 116 Å². The zero-order chi connectivity index (χ0) is 15.6. The van der Waals surface area contributed by atoms with Gasteiger partial charge in [0.15, 0.2) is 0 Å². The number of methoxy groups -OCH3 is 1. The van der Waals surface area contributed by atoms with E-state index in [1.54, 1.807) is 20.8 Å². The fraction of sp³-hybridized carbons (Fsp3) is 0.500. The second-order valence-electron chi connectivity index (χ2n) is 5.26. The fourth-order valence-corrected chi connectivity index (χ4v) is 1.65. The molecule has 0 amide bonds. The van der Waals surface area contributed by atoms with E-state index in [4.69, 9.17) is 0 Å². The van der Waals surface area contributed by atoms with Gasteiger partial charge in [0.2, 0.25) is 0 Å². The van der Waals surface area contributed by atoms with Crippen molar-refractivity contribution in [1.82, 2.24) is 0 Å². The van der Waals surface area contributed by atoms with Crippen LogP contribution >= 0.6 is 0 Å². The van der Waals surface area contributed by atoms with Gasteiger partial charge in [0.25, 0.3) is 0 Å². The summed E-state index contributed by atoms with van der Waals surface area (Å²) in [5.74, 6) is -0.422. The molecule has 0 saturated heterocycles. The Hall–Kier alpha value is -1.72. The average molecular weight is 289 g/mol. The first kappa shape index (κ1) is 16.3. The second-order valence-corrected chi connectivity index (χ2v) is 5.26. The molecule has 0 aliphatic heterocycles. The van der Waals surface area contributed by atoms with E-state index in [0.717, 1.165) is 12.1 Å². The lowest BCUT2D eigenvalue weighted by atomic mass is 9.93. The molecule has 0 fully saturated rings. The van der Waals surface area contributed by atoms with Gasteiger partial charge in [-0.05, 0) is 38.5 Å². The second kappa shape index (κ2) is 5.73. The fourth-order valence-electron chi connectivity index (χ4n) is 1.65. The average Bonchev–Trinajstić information content (AvgIpc) is 2.35. The molecule has 6 heteroatoms. The summed E-state index contributed by atoms with van der Waals surface area (Å²) in [5, 5.41) is 2.88. The summed E-state index contributed by atoms with van der Waals surface area (Å²) in [5.41, 5.74) is -0.507. The van der Waals surface area contributed by atoms with Crippen LogP contribution in [-0.4, -0.2) is 19.6 Å². The number of alkyl halides is 3. The first-order valence-corrected chi connectivity index (χ1v) is 6.08. The minimum atomic E-state index is -4.39. The first-order valence-electron chi connectivity index (χ1n) is 6.08. The molecule has 0 saturated carbocycles. The number of nitrogens with one attached hydrogen (secondary N) is 1. The molecular formula is C14H18F3NO2. The third kappa shape index (κ3) is 3.88. The molecule has 0 heterocycles. The van der Waals surface area contributed by atoms with Gasteiger partial charge in [-0.2, -0.15) is 13.2 Å². The van der Waals surface area contributed by atoms with E-state index in [9.17, 15) is 18.0 Å². The summed E-state index contributed by atoms with van der Waals surface area (Å²) < 4.78 is 42.6. The van der Waals surface area contributed by atoms with Crippen molar-refractivity contribution in [2.75, 3.05) is 19.0 Å². The maximum atomic E-state index is 12.7. The molecule has 1 rings (SSSR count). The topological polar surface area (TPSA) is 38.3 Å². The van der Waals surface area contributed by atoms with Gasteiger partial charge in [-0.3, -0.25) is 4.79 Å². The Kier molecular flexibility index (Phi) is 4.68. The molecule has 0 radical (unpaired) electrons. The molecule has 1 aromatic carbocycles. The van der Waals surface area contributed by atoms with Crippen molar-refractivity contribution in [2.24, 2.45) is 5.41 Å². The van der Waals surface area contributed by atoms with Gasteiger partial charge in [-0.1, -0.05) is 6.07 Å². The van der Waals surface area contributed by atoms with Crippen LogP contribution in [-0.2, 0) is 15.7 Å². The highest BCUT2D eigenvalue weighted by Gasteiger charge is 2.32. The Balaban J connectivity index is 2.91. The lowest BCUT2D eigenvalue weighted by Crippen LogP contribution is -2.33.